The van der Waals surface area contributed by atoms with Crippen LogP contribution in [0.25, 0.3) is 10.4 Å². The molecule has 1 unspecified atom stereocenters. The van der Waals surface area contributed by atoms with Crippen LogP contribution >= 0.6 is 22.9 Å². The first-order valence-electron chi connectivity index (χ1n) is 6.73. The number of benzene rings is 1. The van der Waals surface area contributed by atoms with Crippen LogP contribution in [0.4, 0.5) is 0 Å². The molecule has 4 nitrogen and oxygen atoms in total. The minimum Gasteiger partial charge on any atom is -0.469 e. The Morgan fingerprint density at radius 1 is 1.23 bits per heavy atom. The van der Waals surface area contributed by atoms with Crippen molar-refractivity contribution in [1.82, 2.24) is 5.32 Å². The molecule has 116 valence electrons. The first-order valence-corrected chi connectivity index (χ1v) is 7.92. The quantitative estimate of drug-likeness (QED) is 0.845. The van der Waals surface area contributed by atoms with Crippen molar-refractivity contribution < 1.29 is 14.3 Å². The van der Waals surface area contributed by atoms with Crippen molar-refractivity contribution in [3.05, 3.63) is 46.3 Å². The summed E-state index contributed by atoms with van der Waals surface area (Å²) in [6.07, 6.45) is 0.150. The van der Waals surface area contributed by atoms with E-state index in [-0.39, 0.29) is 24.3 Å². The number of halogens is 1. The summed E-state index contributed by atoms with van der Waals surface area (Å²) >= 11 is 7.26. The molecule has 0 bridgehead atoms. The van der Waals surface area contributed by atoms with Gasteiger partial charge in [0.25, 0.3) is 5.91 Å². The number of rotatable bonds is 5. The van der Waals surface area contributed by atoms with Gasteiger partial charge in [-0.05, 0) is 36.8 Å². The van der Waals surface area contributed by atoms with Crippen LogP contribution in [0, 0.1) is 0 Å². The van der Waals surface area contributed by atoms with E-state index in [1.807, 2.05) is 30.3 Å². The van der Waals surface area contributed by atoms with Crippen LogP contribution in [0.3, 0.4) is 0 Å². The van der Waals surface area contributed by atoms with Crippen molar-refractivity contribution in [1.29, 1.82) is 0 Å². The predicted molar refractivity (Wildman–Crippen MR) is 88.3 cm³/mol. The molecule has 1 heterocycles. The number of ether oxygens (including phenoxy) is 1. The number of carbonyl (C=O) groups is 2. The van der Waals surface area contributed by atoms with E-state index >= 15 is 0 Å². The molecule has 0 saturated carbocycles. The minimum absolute atomic E-state index is 0.150. The van der Waals surface area contributed by atoms with Gasteiger partial charge in [-0.1, -0.05) is 23.7 Å². The summed E-state index contributed by atoms with van der Waals surface area (Å²) in [6.45, 7) is 1.77. The van der Waals surface area contributed by atoms with E-state index in [0.29, 0.717) is 9.90 Å². The monoisotopic (exact) mass is 337 g/mol. The molecule has 2 rings (SSSR count). The van der Waals surface area contributed by atoms with Gasteiger partial charge in [-0.15, -0.1) is 11.3 Å². The molecular weight excluding hydrogens is 322 g/mol. The van der Waals surface area contributed by atoms with Crippen molar-refractivity contribution in [2.24, 2.45) is 0 Å². The van der Waals surface area contributed by atoms with E-state index in [4.69, 9.17) is 11.6 Å². The van der Waals surface area contributed by atoms with Crippen LogP contribution in [0.2, 0.25) is 5.02 Å². The fraction of sp³-hybridized carbons (Fsp3) is 0.250. The first kappa shape index (κ1) is 16.5. The minimum atomic E-state index is -0.346. The Balaban J connectivity index is 2.03. The Morgan fingerprint density at radius 3 is 2.55 bits per heavy atom. The fourth-order valence-electron chi connectivity index (χ4n) is 1.91. The molecule has 0 saturated heterocycles. The van der Waals surface area contributed by atoms with Crippen LogP contribution in [-0.2, 0) is 9.53 Å². The highest BCUT2D eigenvalue weighted by atomic mass is 35.5. The average Bonchev–Trinajstić information content (AvgIpc) is 2.97. The lowest BCUT2D eigenvalue weighted by Crippen LogP contribution is -2.33. The summed E-state index contributed by atoms with van der Waals surface area (Å²) < 4.78 is 4.58. The molecule has 0 aliphatic rings. The number of thiophene rings is 1. The van der Waals surface area contributed by atoms with Gasteiger partial charge in [0.1, 0.15) is 0 Å². The van der Waals surface area contributed by atoms with Gasteiger partial charge in [-0.2, -0.15) is 0 Å². The molecule has 0 radical (unpaired) electrons. The van der Waals surface area contributed by atoms with E-state index in [0.717, 1.165) is 10.4 Å². The van der Waals surface area contributed by atoms with Crippen LogP contribution in [0.1, 0.15) is 23.0 Å². The summed E-state index contributed by atoms with van der Waals surface area (Å²) in [7, 11) is 1.33. The number of methoxy groups -OCH3 is 1. The first-order chi connectivity index (χ1) is 10.5. The van der Waals surface area contributed by atoms with Gasteiger partial charge in [0.2, 0.25) is 0 Å². The lowest BCUT2D eigenvalue weighted by molar-refractivity contribution is -0.141. The van der Waals surface area contributed by atoms with Gasteiger partial charge in [-0.3, -0.25) is 9.59 Å². The van der Waals surface area contributed by atoms with E-state index in [9.17, 15) is 9.59 Å². The number of esters is 1. The Bertz CT molecular complexity index is 666. The highest BCUT2D eigenvalue weighted by Gasteiger charge is 2.15. The second-order valence-corrected chi connectivity index (χ2v) is 6.35. The van der Waals surface area contributed by atoms with Crippen LogP contribution in [0.15, 0.2) is 36.4 Å². The zero-order valence-electron chi connectivity index (χ0n) is 12.3. The maximum Gasteiger partial charge on any atom is 0.307 e. The third-order valence-electron chi connectivity index (χ3n) is 3.04. The fourth-order valence-corrected chi connectivity index (χ4v) is 2.95. The largest absolute Gasteiger partial charge is 0.469 e. The summed E-state index contributed by atoms with van der Waals surface area (Å²) in [6, 6.07) is 10.8. The molecule has 1 atom stereocenters. The average molecular weight is 338 g/mol. The molecule has 0 fully saturated rings. The second-order valence-electron chi connectivity index (χ2n) is 4.83. The van der Waals surface area contributed by atoms with E-state index in [1.165, 1.54) is 18.4 Å². The summed E-state index contributed by atoms with van der Waals surface area (Å²) in [4.78, 5) is 24.9. The van der Waals surface area contributed by atoms with E-state index < -0.39 is 0 Å². The number of amides is 1. The smallest absolute Gasteiger partial charge is 0.307 e. The number of hydrogen-bond donors (Lipinski definition) is 1. The third kappa shape index (κ3) is 4.32. The molecule has 1 aromatic heterocycles. The maximum atomic E-state index is 12.1. The number of hydrogen-bond acceptors (Lipinski definition) is 4. The summed E-state index contributed by atoms with van der Waals surface area (Å²) in [5.41, 5.74) is 1.01. The summed E-state index contributed by atoms with van der Waals surface area (Å²) in [5.74, 6) is -0.539. The SMILES string of the molecule is COC(=O)CC(C)NC(=O)c1ccc(-c2ccc(Cl)cc2)s1. The summed E-state index contributed by atoms with van der Waals surface area (Å²) in [5, 5.41) is 3.46. The van der Waals surface area contributed by atoms with Crippen LogP contribution in [0.5, 0.6) is 0 Å². The van der Waals surface area contributed by atoms with Crippen LogP contribution in [-0.4, -0.2) is 25.0 Å². The van der Waals surface area contributed by atoms with E-state index in [2.05, 4.69) is 10.1 Å². The van der Waals surface area contributed by atoms with Gasteiger partial charge in [0.05, 0.1) is 18.4 Å². The van der Waals surface area contributed by atoms with Gasteiger partial charge in [0, 0.05) is 15.9 Å². The van der Waals surface area contributed by atoms with E-state index in [1.54, 1.807) is 13.0 Å². The maximum absolute atomic E-state index is 12.1. The van der Waals surface area contributed by atoms with Crippen molar-refractivity contribution in [3.8, 4) is 10.4 Å². The van der Waals surface area contributed by atoms with Crippen molar-refractivity contribution in [2.75, 3.05) is 7.11 Å². The molecule has 1 aromatic carbocycles. The van der Waals surface area contributed by atoms with Gasteiger partial charge < -0.3 is 10.1 Å². The Morgan fingerprint density at radius 2 is 1.91 bits per heavy atom. The Hall–Kier alpha value is -1.85. The number of carbonyl (C=O) groups excluding carboxylic acids is 2. The molecular formula is C16H16ClNO3S. The molecule has 1 amide bonds. The van der Waals surface area contributed by atoms with Crippen molar-refractivity contribution in [3.63, 3.8) is 0 Å². The number of nitrogens with one attached hydrogen (secondary N) is 1. The van der Waals surface area contributed by atoms with Gasteiger partial charge in [-0.25, -0.2) is 0 Å². The molecule has 1 N–H and O–H groups in total. The Kier molecular flexibility index (Phi) is 5.57. The third-order valence-corrected chi connectivity index (χ3v) is 4.42. The molecule has 0 aliphatic heterocycles. The normalized spacial score (nSPS) is 11.8. The van der Waals surface area contributed by atoms with Gasteiger partial charge >= 0.3 is 5.97 Å². The molecule has 22 heavy (non-hydrogen) atoms. The van der Waals surface area contributed by atoms with Crippen molar-refractivity contribution in [2.45, 2.75) is 19.4 Å². The zero-order chi connectivity index (χ0) is 16.1. The van der Waals surface area contributed by atoms with Crippen LogP contribution < -0.4 is 5.32 Å². The predicted octanol–water partition coefficient (Wildman–Crippen LogP) is 3.75. The molecule has 0 spiro atoms. The topological polar surface area (TPSA) is 55.4 Å². The standard InChI is InChI=1S/C16H16ClNO3S/c1-10(9-15(19)21-2)18-16(20)14-8-7-13(22-14)11-3-5-12(17)6-4-11/h3-8,10H,9H2,1-2H3,(H,18,20). The second kappa shape index (κ2) is 7.42. The molecule has 0 aliphatic carbocycles. The van der Waals surface area contributed by atoms with Gasteiger partial charge in [0.15, 0.2) is 0 Å². The highest BCUT2D eigenvalue weighted by molar-refractivity contribution is 7.17. The Labute approximate surface area is 138 Å². The lowest BCUT2D eigenvalue weighted by atomic mass is 10.2. The van der Waals surface area contributed by atoms with Crippen molar-refractivity contribution >= 4 is 34.8 Å². The molecule has 2 aromatic rings. The molecule has 6 heteroatoms. The zero-order valence-corrected chi connectivity index (χ0v) is 13.8. The lowest BCUT2D eigenvalue weighted by Gasteiger charge is -2.11. The highest BCUT2D eigenvalue weighted by Crippen LogP contribution is 2.29.